The molecule has 4 heteroatoms. The summed E-state index contributed by atoms with van der Waals surface area (Å²) in [4.78, 5) is 14.9. The third kappa shape index (κ3) is 3.01. The number of nitro benzene ring substituents is 1. The maximum atomic E-state index is 10.8. The van der Waals surface area contributed by atoms with E-state index in [1.165, 1.54) is 11.6 Å². The highest BCUT2D eigenvalue weighted by molar-refractivity contribution is 5.81. The Bertz CT molecular complexity index is 885. The van der Waals surface area contributed by atoms with Crippen LogP contribution in [0.5, 0.6) is 0 Å². The topological polar surface area (TPSA) is 56.0 Å². The Morgan fingerprint density at radius 3 is 2.73 bits per heavy atom. The molecule has 2 aromatic carbocycles. The molecule has 1 heterocycles. The minimum Gasteiger partial charge on any atom is -0.258 e. The number of hydrogen-bond donors (Lipinski definition) is 0. The van der Waals surface area contributed by atoms with E-state index in [0.29, 0.717) is 0 Å². The summed E-state index contributed by atoms with van der Waals surface area (Å²) in [5.74, 6) is 0. The van der Waals surface area contributed by atoms with E-state index in [-0.39, 0.29) is 5.69 Å². The quantitative estimate of drug-likeness (QED) is 0.522. The van der Waals surface area contributed by atoms with E-state index in [0.717, 1.165) is 22.2 Å². The highest BCUT2D eigenvalue weighted by Gasteiger charge is 2.03. The van der Waals surface area contributed by atoms with Gasteiger partial charge in [0.2, 0.25) is 0 Å². The van der Waals surface area contributed by atoms with Gasteiger partial charge in [-0.15, -0.1) is 0 Å². The van der Waals surface area contributed by atoms with Gasteiger partial charge in [-0.25, -0.2) is 4.98 Å². The molecule has 0 spiro atoms. The highest BCUT2D eigenvalue weighted by Crippen LogP contribution is 2.17. The van der Waals surface area contributed by atoms with Crippen LogP contribution in [0.1, 0.15) is 16.8 Å². The fraction of sp³-hybridized carbons (Fsp3) is 0.0556. The first-order chi connectivity index (χ1) is 10.6. The SMILES string of the molecule is Cc1ccc2nc(/C=C/c3cccc([N+](=O)[O-])c3)ccc2c1. The van der Waals surface area contributed by atoms with Crippen LogP contribution < -0.4 is 0 Å². The molecule has 1 aromatic heterocycles. The molecule has 0 atom stereocenters. The van der Waals surface area contributed by atoms with Crippen molar-refractivity contribution in [1.29, 1.82) is 0 Å². The summed E-state index contributed by atoms with van der Waals surface area (Å²) in [6.07, 6.45) is 3.69. The first-order valence-corrected chi connectivity index (χ1v) is 6.92. The molecule has 3 aromatic rings. The van der Waals surface area contributed by atoms with E-state index in [4.69, 9.17) is 0 Å². The smallest absolute Gasteiger partial charge is 0.258 e. The lowest BCUT2D eigenvalue weighted by atomic mass is 10.1. The maximum absolute atomic E-state index is 10.8. The molecule has 0 aliphatic rings. The Labute approximate surface area is 127 Å². The lowest BCUT2D eigenvalue weighted by molar-refractivity contribution is -0.384. The molecular formula is C18H14N2O2. The zero-order valence-corrected chi connectivity index (χ0v) is 12.1. The normalized spacial score (nSPS) is 11.1. The zero-order valence-electron chi connectivity index (χ0n) is 12.1. The first-order valence-electron chi connectivity index (χ1n) is 6.92. The van der Waals surface area contributed by atoms with E-state index in [1.807, 2.05) is 42.5 Å². The largest absolute Gasteiger partial charge is 0.270 e. The molecule has 0 amide bonds. The summed E-state index contributed by atoms with van der Waals surface area (Å²) in [6, 6.07) is 16.6. The molecular weight excluding hydrogens is 276 g/mol. The summed E-state index contributed by atoms with van der Waals surface area (Å²) in [6.45, 7) is 2.05. The predicted octanol–water partition coefficient (Wildman–Crippen LogP) is 4.62. The third-order valence-electron chi connectivity index (χ3n) is 3.39. The van der Waals surface area contributed by atoms with Crippen LogP contribution in [0, 0.1) is 17.0 Å². The number of benzene rings is 2. The van der Waals surface area contributed by atoms with Gasteiger partial charge in [-0.2, -0.15) is 0 Å². The number of nitro groups is 1. The third-order valence-corrected chi connectivity index (χ3v) is 3.39. The predicted molar refractivity (Wildman–Crippen MR) is 88.5 cm³/mol. The molecule has 0 aliphatic carbocycles. The van der Waals surface area contributed by atoms with E-state index in [1.54, 1.807) is 12.1 Å². The molecule has 0 unspecified atom stereocenters. The van der Waals surface area contributed by atoms with E-state index in [9.17, 15) is 10.1 Å². The minimum absolute atomic E-state index is 0.0871. The minimum atomic E-state index is -0.395. The fourth-order valence-electron chi connectivity index (χ4n) is 2.28. The Morgan fingerprint density at radius 1 is 1.05 bits per heavy atom. The van der Waals surface area contributed by atoms with Crippen molar-refractivity contribution < 1.29 is 4.92 Å². The summed E-state index contributed by atoms with van der Waals surface area (Å²) >= 11 is 0. The second kappa shape index (κ2) is 5.77. The van der Waals surface area contributed by atoms with Gasteiger partial charge in [0, 0.05) is 17.5 Å². The number of aromatic nitrogens is 1. The van der Waals surface area contributed by atoms with E-state index < -0.39 is 4.92 Å². The Morgan fingerprint density at radius 2 is 1.91 bits per heavy atom. The monoisotopic (exact) mass is 290 g/mol. The average molecular weight is 290 g/mol. The van der Waals surface area contributed by atoms with Gasteiger partial charge in [-0.3, -0.25) is 10.1 Å². The number of nitrogens with zero attached hydrogens (tertiary/aromatic N) is 2. The standard InChI is InChI=1S/C18H14N2O2/c1-13-5-10-18-15(11-13)7-9-16(19-18)8-6-14-3-2-4-17(12-14)20(21)22/h2-12H,1H3/b8-6+. The van der Waals surface area contributed by atoms with Gasteiger partial charge < -0.3 is 0 Å². The molecule has 4 nitrogen and oxygen atoms in total. The van der Waals surface area contributed by atoms with Crippen LogP contribution in [0.25, 0.3) is 23.1 Å². The number of rotatable bonds is 3. The fourth-order valence-corrected chi connectivity index (χ4v) is 2.28. The highest BCUT2D eigenvalue weighted by atomic mass is 16.6. The molecule has 0 aliphatic heterocycles. The van der Waals surface area contributed by atoms with Crippen LogP contribution >= 0.6 is 0 Å². The van der Waals surface area contributed by atoms with Gasteiger partial charge in [0.05, 0.1) is 16.1 Å². The van der Waals surface area contributed by atoms with Crippen LogP contribution in [-0.4, -0.2) is 9.91 Å². The van der Waals surface area contributed by atoms with E-state index in [2.05, 4.69) is 18.0 Å². The van der Waals surface area contributed by atoms with Crippen molar-refractivity contribution in [3.8, 4) is 0 Å². The van der Waals surface area contributed by atoms with Crippen LogP contribution in [0.4, 0.5) is 5.69 Å². The van der Waals surface area contributed by atoms with Crippen molar-refractivity contribution in [2.75, 3.05) is 0 Å². The van der Waals surface area contributed by atoms with Crippen LogP contribution in [0.15, 0.2) is 54.6 Å². The molecule has 0 bridgehead atoms. The van der Waals surface area contributed by atoms with Crippen molar-refractivity contribution in [2.45, 2.75) is 6.92 Å². The molecule has 0 fully saturated rings. The van der Waals surface area contributed by atoms with Gasteiger partial charge in [-0.05, 0) is 36.8 Å². The van der Waals surface area contributed by atoms with Gasteiger partial charge in [-0.1, -0.05) is 35.9 Å². The average Bonchev–Trinajstić information content (AvgIpc) is 2.53. The van der Waals surface area contributed by atoms with Crippen LogP contribution in [0.2, 0.25) is 0 Å². The summed E-state index contributed by atoms with van der Waals surface area (Å²) < 4.78 is 0. The van der Waals surface area contributed by atoms with Gasteiger partial charge >= 0.3 is 0 Å². The van der Waals surface area contributed by atoms with Crippen molar-refractivity contribution in [3.05, 3.63) is 81.5 Å². The lowest BCUT2D eigenvalue weighted by Crippen LogP contribution is -1.87. The molecule has 0 saturated heterocycles. The number of non-ortho nitro benzene ring substituents is 1. The number of hydrogen-bond acceptors (Lipinski definition) is 3. The summed E-state index contributed by atoms with van der Waals surface area (Å²) in [7, 11) is 0. The molecule has 22 heavy (non-hydrogen) atoms. The zero-order chi connectivity index (χ0) is 15.5. The number of pyridine rings is 1. The number of aryl methyl sites for hydroxylation is 1. The second-order valence-electron chi connectivity index (χ2n) is 5.12. The van der Waals surface area contributed by atoms with Crippen molar-refractivity contribution in [2.24, 2.45) is 0 Å². The van der Waals surface area contributed by atoms with Crippen molar-refractivity contribution >= 4 is 28.7 Å². The molecule has 0 saturated carbocycles. The summed E-state index contributed by atoms with van der Waals surface area (Å²) in [5, 5.41) is 11.9. The Balaban J connectivity index is 1.90. The van der Waals surface area contributed by atoms with Gasteiger partial charge in [0.1, 0.15) is 0 Å². The Kier molecular flexibility index (Phi) is 3.66. The van der Waals surface area contributed by atoms with Crippen molar-refractivity contribution in [3.63, 3.8) is 0 Å². The van der Waals surface area contributed by atoms with Gasteiger partial charge in [0.15, 0.2) is 0 Å². The van der Waals surface area contributed by atoms with Gasteiger partial charge in [0.25, 0.3) is 5.69 Å². The van der Waals surface area contributed by atoms with Crippen molar-refractivity contribution in [1.82, 2.24) is 4.98 Å². The maximum Gasteiger partial charge on any atom is 0.270 e. The Hall–Kier alpha value is -3.01. The molecule has 0 radical (unpaired) electrons. The van der Waals surface area contributed by atoms with E-state index >= 15 is 0 Å². The van der Waals surface area contributed by atoms with Crippen LogP contribution in [0.3, 0.4) is 0 Å². The number of fused-ring (bicyclic) bond motifs is 1. The molecule has 108 valence electrons. The lowest BCUT2D eigenvalue weighted by Gasteiger charge is -2.00. The van der Waals surface area contributed by atoms with Crippen LogP contribution in [-0.2, 0) is 0 Å². The second-order valence-corrected chi connectivity index (χ2v) is 5.12. The first kappa shape index (κ1) is 13.9. The molecule has 0 N–H and O–H groups in total. The summed E-state index contributed by atoms with van der Waals surface area (Å²) in [5.41, 5.74) is 3.83. The molecule has 3 rings (SSSR count).